The Morgan fingerprint density at radius 2 is 1.74 bits per heavy atom. The molecule has 3 saturated carbocycles. The summed E-state index contributed by atoms with van der Waals surface area (Å²) in [6, 6.07) is 19.1. The first kappa shape index (κ1) is 35.4. The smallest absolute Gasteiger partial charge is 0.268 e. The topological polar surface area (TPSA) is 141 Å². The number of ether oxygens (including phenoxy) is 2. The standard InChI is InChI=1S/C40H49N7O5S/c1-38(2)24-29(10-7-21-41-33-13-11-30(25-42-33)52-27-28-8-5-4-6-9-28)26-46(38)36-31(37(48)45-53(3,49)50)12-14-34(43-36)47-22-15-35(44-47)51-23-16-32-39(17-18-39)40(32)19-20-40/h4-6,8-9,11-15,22,25,29,32H,7,10,16-21,23-24,26-27H2,1-3H3,(H,41,42)(H,45,48)/t29-/m0/s1. The van der Waals surface area contributed by atoms with Gasteiger partial charge < -0.3 is 19.7 Å². The highest BCUT2D eigenvalue weighted by atomic mass is 32.2. The van der Waals surface area contributed by atoms with Crippen molar-refractivity contribution in [3.05, 3.63) is 84.2 Å². The van der Waals surface area contributed by atoms with Crippen molar-refractivity contribution in [2.75, 3.05) is 36.2 Å². The monoisotopic (exact) mass is 739 g/mol. The highest BCUT2D eigenvalue weighted by molar-refractivity contribution is 7.89. The third-order valence-corrected chi connectivity index (χ3v) is 12.5. The molecular weight excluding hydrogens is 691 g/mol. The number of fused-ring (bicyclic) bond motifs is 1. The van der Waals surface area contributed by atoms with Crippen LogP contribution in [0.25, 0.3) is 5.82 Å². The molecule has 0 bridgehead atoms. The van der Waals surface area contributed by atoms with E-state index in [1.54, 1.807) is 23.0 Å². The van der Waals surface area contributed by atoms with Crippen LogP contribution in [0.5, 0.6) is 11.6 Å². The van der Waals surface area contributed by atoms with E-state index in [-0.39, 0.29) is 11.1 Å². The summed E-state index contributed by atoms with van der Waals surface area (Å²) in [6.45, 7) is 6.86. The van der Waals surface area contributed by atoms with Crippen molar-refractivity contribution < 1.29 is 22.7 Å². The van der Waals surface area contributed by atoms with Crippen LogP contribution in [0.2, 0.25) is 0 Å². The first-order valence-corrected chi connectivity index (χ1v) is 20.7. The van der Waals surface area contributed by atoms with E-state index >= 15 is 0 Å². The van der Waals surface area contributed by atoms with Gasteiger partial charge in [0.2, 0.25) is 15.9 Å². The van der Waals surface area contributed by atoms with Gasteiger partial charge in [-0.3, -0.25) is 4.79 Å². The third-order valence-electron chi connectivity index (χ3n) is 12.0. The zero-order chi connectivity index (χ0) is 36.8. The first-order valence-electron chi connectivity index (χ1n) is 18.8. The molecule has 3 aliphatic carbocycles. The Hall–Kier alpha value is -4.65. The van der Waals surface area contributed by atoms with Crippen molar-refractivity contribution in [2.45, 2.75) is 77.4 Å². The number of hydrogen-bond donors (Lipinski definition) is 2. The van der Waals surface area contributed by atoms with Crippen LogP contribution in [0.4, 0.5) is 11.6 Å². The summed E-state index contributed by atoms with van der Waals surface area (Å²) in [7, 11) is -3.78. The van der Waals surface area contributed by atoms with E-state index in [4.69, 9.17) is 14.5 Å². The van der Waals surface area contributed by atoms with Gasteiger partial charge in [0.1, 0.15) is 24.0 Å². The molecular formula is C40H49N7O5S. The highest BCUT2D eigenvalue weighted by Crippen LogP contribution is 2.93. The number of nitrogens with one attached hydrogen (secondary N) is 2. The molecule has 8 rings (SSSR count). The van der Waals surface area contributed by atoms with Crippen molar-refractivity contribution >= 4 is 27.6 Å². The van der Waals surface area contributed by atoms with Crippen molar-refractivity contribution in [3.63, 3.8) is 0 Å². The third kappa shape index (κ3) is 7.45. The molecule has 1 amide bonds. The van der Waals surface area contributed by atoms with Crippen LogP contribution in [0.15, 0.2) is 73.1 Å². The number of nitrogens with zero attached hydrogens (tertiary/aromatic N) is 5. The maximum absolute atomic E-state index is 13.3. The van der Waals surface area contributed by atoms with Crippen molar-refractivity contribution in [1.82, 2.24) is 24.5 Å². The second-order valence-corrected chi connectivity index (χ2v) is 17.8. The van der Waals surface area contributed by atoms with Gasteiger partial charge in [-0.05, 0) is 118 Å². The van der Waals surface area contributed by atoms with Crippen molar-refractivity contribution in [1.29, 1.82) is 0 Å². The summed E-state index contributed by atoms with van der Waals surface area (Å²) in [5, 5.41) is 8.07. The molecule has 4 heterocycles. The average Bonchev–Trinajstić information content (AvgIpc) is 4.09. The molecule has 0 unspecified atom stereocenters. The van der Waals surface area contributed by atoms with E-state index in [0.717, 1.165) is 61.5 Å². The Kier molecular flexibility index (Phi) is 9.11. The summed E-state index contributed by atoms with van der Waals surface area (Å²) in [4.78, 5) is 24.9. The van der Waals surface area contributed by atoms with Crippen LogP contribution in [-0.2, 0) is 16.6 Å². The minimum Gasteiger partial charge on any atom is -0.487 e. The molecule has 4 aliphatic rings. The Morgan fingerprint density at radius 1 is 0.962 bits per heavy atom. The van der Waals surface area contributed by atoms with E-state index in [9.17, 15) is 13.2 Å². The maximum Gasteiger partial charge on any atom is 0.268 e. The van der Waals surface area contributed by atoms with Gasteiger partial charge in [-0.1, -0.05) is 30.3 Å². The number of pyridine rings is 2. The number of carbonyl (C=O) groups excluding carboxylic acids is 1. The summed E-state index contributed by atoms with van der Waals surface area (Å²) < 4.78 is 39.9. The molecule has 4 fully saturated rings. The Labute approximate surface area is 311 Å². The van der Waals surface area contributed by atoms with Crippen LogP contribution in [0.3, 0.4) is 0 Å². The summed E-state index contributed by atoms with van der Waals surface area (Å²) in [5.74, 6) is 3.46. The second kappa shape index (κ2) is 13.6. The summed E-state index contributed by atoms with van der Waals surface area (Å²) >= 11 is 0. The lowest BCUT2D eigenvalue weighted by Crippen LogP contribution is -2.41. The van der Waals surface area contributed by atoms with E-state index in [2.05, 4.69) is 38.9 Å². The normalized spacial score (nSPS) is 20.4. The molecule has 1 atom stereocenters. The molecule has 12 nitrogen and oxygen atoms in total. The Bertz CT molecular complexity index is 2040. The van der Waals surface area contributed by atoms with Crippen LogP contribution < -0.4 is 24.4 Å². The van der Waals surface area contributed by atoms with Gasteiger partial charge in [0.15, 0.2) is 5.82 Å². The minimum absolute atomic E-state index is 0.202. The van der Waals surface area contributed by atoms with Gasteiger partial charge in [0.25, 0.3) is 5.91 Å². The van der Waals surface area contributed by atoms with Crippen molar-refractivity contribution in [3.8, 4) is 17.4 Å². The Balaban J connectivity index is 0.890. The molecule has 1 aliphatic heterocycles. The number of amides is 1. The van der Waals surface area contributed by atoms with Gasteiger partial charge >= 0.3 is 0 Å². The van der Waals surface area contributed by atoms with Crippen LogP contribution >= 0.6 is 0 Å². The fourth-order valence-corrected chi connectivity index (χ4v) is 9.64. The molecule has 2 N–H and O–H groups in total. The molecule has 1 saturated heterocycles. The fraction of sp³-hybridized carbons (Fsp3) is 0.500. The highest BCUT2D eigenvalue weighted by Gasteiger charge is 2.85. The maximum atomic E-state index is 13.3. The van der Waals surface area contributed by atoms with Crippen LogP contribution in [-0.4, -0.2) is 65.6 Å². The number of sulfonamides is 1. The molecule has 280 valence electrons. The zero-order valence-electron chi connectivity index (χ0n) is 30.8. The number of aromatic nitrogens is 4. The average molecular weight is 740 g/mol. The van der Waals surface area contributed by atoms with Crippen LogP contribution in [0, 0.1) is 22.7 Å². The van der Waals surface area contributed by atoms with Gasteiger partial charge in [-0.15, -0.1) is 5.10 Å². The number of carbonyl (C=O) groups is 1. The number of anilines is 2. The SMILES string of the molecule is CC1(C)C[C@H](CCCNc2ccc(OCc3ccccc3)cn2)CN1c1nc(-n2ccc(OCCC3C4(CC4)C34CC4)n2)ccc1C(=O)NS(C)(=O)=O. The first-order chi connectivity index (χ1) is 25.4. The molecule has 13 heteroatoms. The quantitative estimate of drug-likeness (QED) is 0.124. The molecule has 53 heavy (non-hydrogen) atoms. The summed E-state index contributed by atoms with van der Waals surface area (Å²) in [6.07, 6.45) is 13.9. The number of hydrogen-bond acceptors (Lipinski definition) is 10. The lowest BCUT2D eigenvalue weighted by Gasteiger charge is -2.33. The predicted octanol–water partition coefficient (Wildman–Crippen LogP) is 6.39. The second-order valence-electron chi connectivity index (χ2n) is 16.1. The zero-order valence-corrected chi connectivity index (χ0v) is 31.6. The van der Waals surface area contributed by atoms with E-state index in [0.29, 0.717) is 54.0 Å². The molecule has 1 aromatic carbocycles. The molecule has 2 spiro atoms. The summed E-state index contributed by atoms with van der Waals surface area (Å²) in [5.41, 5.74) is 2.29. The van der Waals surface area contributed by atoms with Crippen LogP contribution in [0.1, 0.15) is 81.1 Å². The van der Waals surface area contributed by atoms with Gasteiger partial charge in [0.05, 0.1) is 24.6 Å². The van der Waals surface area contributed by atoms with Gasteiger partial charge in [-0.2, -0.15) is 0 Å². The van der Waals surface area contributed by atoms with E-state index in [1.807, 2.05) is 54.7 Å². The Morgan fingerprint density at radius 3 is 2.43 bits per heavy atom. The molecule has 4 aromatic rings. The number of rotatable bonds is 16. The van der Waals surface area contributed by atoms with Crippen molar-refractivity contribution in [2.24, 2.45) is 22.7 Å². The fourth-order valence-electron chi connectivity index (χ4n) is 9.19. The van der Waals surface area contributed by atoms with E-state index < -0.39 is 15.9 Å². The molecule has 3 aromatic heterocycles. The molecule has 0 radical (unpaired) electrons. The lowest BCUT2D eigenvalue weighted by atomic mass is 9.93. The predicted molar refractivity (Wildman–Crippen MR) is 203 cm³/mol. The minimum atomic E-state index is -3.78. The van der Waals surface area contributed by atoms with Gasteiger partial charge in [-0.25, -0.2) is 27.8 Å². The van der Waals surface area contributed by atoms with Gasteiger partial charge in [0, 0.05) is 30.9 Å². The largest absolute Gasteiger partial charge is 0.487 e. The lowest BCUT2D eigenvalue weighted by molar-refractivity contribution is 0.0981. The van der Waals surface area contributed by atoms with E-state index in [1.165, 1.54) is 25.7 Å². The number of benzene rings is 1.